The molecule has 1 heterocycles. The highest BCUT2D eigenvalue weighted by Crippen LogP contribution is 2.17. The summed E-state index contributed by atoms with van der Waals surface area (Å²) in [6.07, 6.45) is 0. The van der Waals surface area contributed by atoms with Crippen LogP contribution in [0.15, 0.2) is 5.38 Å². The van der Waals surface area contributed by atoms with Gasteiger partial charge < -0.3 is 4.90 Å². The zero-order valence-corrected chi connectivity index (χ0v) is 7.60. The number of ketones is 1. The molecular formula is C7H10N2OS. The third-order valence-electron chi connectivity index (χ3n) is 1.24. The molecule has 0 atom stereocenters. The van der Waals surface area contributed by atoms with Crippen molar-refractivity contribution < 1.29 is 4.79 Å². The molecule has 0 unspecified atom stereocenters. The highest BCUT2D eigenvalue weighted by atomic mass is 32.1. The van der Waals surface area contributed by atoms with E-state index in [9.17, 15) is 4.79 Å². The van der Waals surface area contributed by atoms with E-state index < -0.39 is 0 Å². The van der Waals surface area contributed by atoms with Gasteiger partial charge in [-0.15, -0.1) is 11.3 Å². The van der Waals surface area contributed by atoms with Crippen molar-refractivity contribution in [3.8, 4) is 0 Å². The van der Waals surface area contributed by atoms with Gasteiger partial charge in [0.05, 0.1) is 0 Å². The monoisotopic (exact) mass is 170 g/mol. The molecule has 1 aromatic heterocycles. The van der Waals surface area contributed by atoms with E-state index in [1.54, 1.807) is 5.38 Å². The van der Waals surface area contributed by atoms with Gasteiger partial charge in [-0.2, -0.15) is 0 Å². The largest absolute Gasteiger partial charge is 0.354 e. The van der Waals surface area contributed by atoms with Crippen molar-refractivity contribution in [1.82, 2.24) is 4.98 Å². The number of thiazole rings is 1. The third-order valence-corrected chi connectivity index (χ3v) is 2.24. The molecule has 0 radical (unpaired) electrons. The van der Waals surface area contributed by atoms with E-state index in [4.69, 9.17) is 0 Å². The van der Waals surface area contributed by atoms with Gasteiger partial charge in [-0.3, -0.25) is 4.79 Å². The molecule has 0 amide bonds. The van der Waals surface area contributed by atoms with Gasteiger partial charge in [0.25, 0.3) is 0 Å². The van der Waals surface area contributed by atoms with Crippen LogP contribution in [-0.2, 0) is 0 Å². The Bertz CT molecular complexity index is 267. The number of nitrogens with zero attached hydrogens (tertiary/aromatic N) is 2. The minimum Gasteiger partial charge on any atom is -0.354 e. The topological polar surface area (TPSA) is 33.2 Å². The number of rotatable bonds is 2. The van der Waals surface area contributed by atoms with E-state index in [0.29, 0.717) is 5.69 Å². The predicted octanol–water partition coefficient (Wildman–Crippen LogP) is 1.41. The maximum Gasteiger partial charge on any atom is 0.185 e. The first-order valence-corrected chi connectivity index (χ1v) is 4.13. The lowest BCUT2D eigenvalue weighted by molar-refractivity contribution is 0.101. The van der Waals surface area contributed by atoms with Crippen molar-refractivity contribution in [2.24, 2.45) is 0 Å². The number of carbonyl (C=O) groups is 1. The van der Waals surface area contributed by atoms with Crippen LogP contribution in [0.1, 0.15) is 17.4 Å². The molecule has 0 fully saturated rings. The number of hydrogen-bond acceptors (Lipinski definition) is 4. The number of Topliss-reactive ketones (excluding diaryl/α,β-unsaturated/α-hetero) is 1. The fourth-order valence-electron chi connectivity index (χ4n) is 0.631. The Hall–Kier alpha value is -0.900. The van der Waals surface area contributed by atoms with Gasteiger partial charge >= 0.3 is 0 Å². The Morgan fingerprint density at radius 1 is 1.64 bits per heavy atom. The van der Waals surface area contributed by atoms with E-state index in [1.165, 1.54) is 18.3 Å². The van der Waals surface area contributed by atoms with Gasteiger partial charge in [-0.1, -0.05) is 0 Å². The summed E-state index contributed by atoms with van der Waals surface area (Å²) in [5, 5.41) is 2.65. The Morgan fingerprint density at radius 3 is 2.55 bits per heavy atom. The Labute approximate surface area is 69.7 Å². The first kappa shape index (κ1) is 8.20. The Morgan fingerprint density at radius 2 is 2.27 bits per heavy atom. The van der Waals surface area contributed by atoms with Crippen LogP contribution >= 0.6 is 11.3 Å². The Balaban J connectivity index is 2.90. The predicted molar refractivity (Wildman–Crippen MR) is 46.4 cm³/mol. The van der Waals surface area contributed by atoms with Gasteiger partial charge in [0.15, 0.2) is 10.9 Å². The minimum atomic E-state index is 0.0225. The molecule has 0 aliphatic heterocycles. The molecule has 60 valence electrons. The number of carbonyl (C=O) groups excluding carboxylic acids is 1. The van der Waals surface area contributed by atoms with Gasteiger partial charge in [0, 0.05) is 26.4 Å². The zero-order valence-electron chi connectivity index (χ0n) is 6.79. The van der Waals surface area contributed by atoms with Crippen molar-refractivity contribution in [3.63, 3.8) is 0 Å². The fraction of sp³-hybridized carbons (Fsp3) is 0.429. The van der Waals surface area contributed by atoms with Crippen LogP contribution in [0.4, 0.5) is 5.13 Å². The van der Waals surface area contributed by atoms with Crippen LogP contribution in [0, 0.1) is 0 Å². The van der Waals surface area contributed by atoms with Crippen LogP contribution < -0.4 is 4.90 Å². The summed E-state index contributed by atoms with van der Waals surface area (Å²) in [6, 6.07) is 0. The quantitative estimate of drug-likeness (QED) is 0.629. The van der Waals surface area contributed by atoms with Crippen LogP contribution in [0.3, 0.4) is 0 Å². The van der Waals surface area contributed by atoms with Crippen LogP contribution in [0.2, 0.25) is 0 Å². The maximum absolute atomic E-state index is 10.8. The van der Waals surface area contributed by atoms with Crippen molar-refractivity contribution >= 4 is 22.3 Å². The fourth-order valence-corrected chi connectivity index (χ4v) is 1.43. The second-order valence-corrected chi connectivity index (χ2v) is 3.30. The Kier molecular flexibility index (Phi) is 2.24. The van der Waals surface area contributed by atoms with Gasteiger partial charge in [0.2, 0.25) is 0 Å². The molecular weight excluding hydrogens is 160 g/mol. The molecule has 1 aromatic rings. The summed E-state index contributed by atoms with van der Waals surface area (Å²) in [5.74, 6) is 0.0225. The molecule has 0 N–H and O–H groups in total. The van der Waals surface area contributed by atoms with Gasteiger partial charge in [-0.05, 0) is 0 Å². The minimum absolute atomic E-state index is 0.0225. The van der Waals surface area contributed by atoms with Crippen LogP contribution in [0.25, 0.3) is 0 Å². The molecule has 4 heteroatoms. The summed E-state index contributed by atoms with van der Waals surface area (Å²) in [4.78, 5) is 16.8. The average molecular weight is 170 g/mol. The average Bonchev–Trinajstić information content (AvgIpc) is 2.33. The maximum atomic E-state index is 10.8. The van der Waals surface area contributed by atoms with Crippen LogP contribution in [-0.4, -0.2) is 24.9 Å². The molecule has 0 bridgehead atoms. The number of hydrogen-bond donors (Lipinski definition) is 0. The second-order valence-electron chi connectivity index (χ2n) is 2.47. The highest BCUT2D eigenvalue weighted by Gasteiger charge is 2.05. The van der Waals surface area contributed by atoms with Gasteiger partial charge in [-0.25, -0.2) is 4.98 Å². The first-order valence-electron chi connectivity index (χ1n) is 3.25. The lowest BCUT2D eigenvalue weighted by atomic mass is 10.4. The van der Waals surface area contributed by atoms with E-state index in [0.717, 1.165) is 5.13 Å². The van der Waals surface area contributed by atoms with Crippen molar-refractivity contribution in [1.29, 1.82) is 0 Å². The SMILES string of the molecule is CC(=O)c1csc(N(C)C)n1. The summed E-state index contributed by atoms with van der Waals surface area (Å²) in [7, 11) is 3.81. The molecule has 0 aromatic carbocycles. The highest BCUT2D eigenvalue weighted by molar-refractivity contribution is 7.13. The summed E-state index contributed by atoms with van der Waals surface area (Å²) in [5.41, 5.74) is 0.554. The van der Waals surface area contributed by atoms with E-state index >= 15 is 0 Å². The number of aromatic nitrogens is 1. The number of anilines is 1. The molecule has 3 nitrogen and oxygen atoms in total. The van der Waals surface area contributed by atoms with E-state index in [1.807, 2.05) is 19.0 Å². The van der Waals surface area contributed by atoms with Crippen molar-refractivity contribution in [2.75, 3.05) is 19.0 Å². The molecule has 0 aliphatic rings. The molecule has 0 saturated heterocycles. The summed E-state index contributed by atoms with van der Waals surface area (Å²) >= 11 is 1.48. The first-order chi connectivity index (χ1) is 5.11. The third kappa shape index (κ3) is 1.77. The molecule has 0 aliphatic carbocycles. The summed E-state index contributed by atoms with van der Waals surface area (Å²) < 4.78 is 0. The molecule has 1 rings (SSSR count). The molecule has 11 heavy (non-hydrogen) atoms. The van der Waals surface area contributed by atoms with Crippen molar-refractivity contribution in [2.45, 2.75) is 6.92 Å². The normalized spacial score (nSPS) is 9.73. The van der Waals surface area contributed by atoms with E-state index in [-0.39, 0.29) is 5.78 Å². The lowest BCUT2D eigenvalue weighted by Crippen LogP contribution is -2.08. The molecule has 0 spiro atoms. The molecule has 0 saturated carbocycles. The van der Waals surface area contributed by atoms with Crippen LogP contribution in [0.5, 0.6) is 0 Å². The lowest BCUT2D eigenvalue weighted by Gasteiger charge is -2.04. The second kappa shape index (κ2) is 3.00. The van der Waals surface area contributed by atoms with E-state index in [2.05, 4.69) is 4.98 Å². The standard InChI is InChI=1S/C7H10N2OS/c1-5(10)6-4-11-7(8-6)9(2)3/h4H,1-3H3. The summed E-state index contributed by atoms with van der Waals surface area (Å²) in [6.45, 7) is 1.52. The zero-order chi connectivity index (χ0) is 8.43. The van der Waals surface area contributed by atoms with Gasteiger partial charge in [0.1, 0.15) is 5.69 Å². The van der Waals surface area contributed by atoms with Crippen molar-refractivity contribution in [3.05, 3.63) is 11.1 Å². The smallest absolute Gasteiger partial charge is 0.185 e.